The first-order valence-electron chi connectivity index (χ1n) is 6.04. The molecule has 0 fully saturated rings. The van der Waals surface area contributed by atoms with E-state index >= 15 is 0 Å². The number of hydrogen-bond donors (Lipinski definition) is 2. The molecule has 1 heterocycles. The summed E-state index contributed by atoms with van der Waals surface area (Å²) in [6, 6.07) is 8.35. The van der Waals surface area contributed by atoms with Crippen molar-refractivity contribution < 1.29 is 9.13 Å². The molecule has 0 aliphatic heterocycles. The van der Waals surface area contributed by atoms with Gasteiger partial charge in [-0.3, -0.25) is 16.3 Å². The molecule has 1 unspecified atom stereocenters. The third kappa shape index (κ3) is 3.53. The molecule has 0 aliphatic carbocycles. The normalized spacial score (nSPS) is 12.2. The van der Waals surface area contributed by atoms with Gasteiger partial charge in [0, 0.05) is 22.8 Å². The van der Waals surface area contributed by atoms with Crippen molar-refractivity contribution in [2.75, 3.05) is 7.11 Å². The molecular weight excluding hydrogens is 325 g/mol. The average Bonchev–Trinajstić information content (AvgIpc) is 2.47. The number of ether oxygens (including phenoxy) is 1. The van der Waals surface area contributed by atoms with E-state index in [2.05, 4.69) is 26.3 Å². The first kappa shape index (κ1) is 14.9. The number of rotatable bonds is 5. The molecule has 6 heteroatoms. The van der Waals surface area contributed by atoms with Crippen LogP contribution in [-0.4, -0.2) is 12.1 Å². The Bertz CT molecular complexity index is 577. The summed E-state index contributed by atoms with van der Waals surface area (Å²) in [7, 11) is 1.43. The number of benzene rings is 1. The number of nitrogens with one attached hydrogen (secondary N) is 1. The molecule has 20 heavy (non-hydrogen) atoms. The van der Waals surface area contributed by atoms with E-state index in [-0.39, 0.29) is 11.8 Å². The van der Waals surface area contributed by atoms with Gasteiger partial charge in [-0.05, 0) is 45.8 Å². The topological polar surface area (TPSA) is 60.2 Å². The minimum Gasteiger partial charge on any atom is -0.494 e. The molecule has 1 aromatic heterocycles. The molecule has 106 valence electrons. The first-order valence-corrected chi connectivity index (χ1v) is 6.83. The Balaban J connectivity index is 2.21. The summed E-state index contributed by atoms with van der Waals surface area (Å²) >= 11 is 3.34. The van der Waals surface area contributed by atoms with E-state index in [1.165, 1.54) is 13.2 Å². The average molecular weight is 340 g/mol. The standard InChI is InChI=1S/C14H15BrFN3O/c1-20-14-6-9(2-5-12(14)16)13(19-17)7-11-4-3-10(15)8-18-11/h2-6,8,13,19H,7,17H2,1H3. The van der Waals surface area contributed by atoms with Gasteiger partial charge in [0.2, 0.25) is 0 Å². The number of halogens is 2. The van der Waals surface area contributed by atoms with Gasteiger partial charge < -0.3 is 4.74 Å². The number of hydrogen-bond acceptors (Lipinski definition) is 4. The van der Waals surface area contributed by atoms with Gasteiger partial charge >= 0.3 is 0 Å². The van der Waals surface area contributed by atoms with E-state index in [9.17, 15) is 4.39 Å². The smallest absolute Gasteiger partial charge is 0.165 e. The highest BCUT2D eigenvalue weighted by Gasteiger charge is 2.14. The second-order valence-corrected chi connectivity index (χ2v) is 5.20. The molecule has 3 N–H and O–H groups in total. The molecule has 0 spiro atoms. The zero-order chi connectivity index (χ0) is 14.5. The first-order chi connectivity index (χ1) is 9.63. The van der Waals surface area contributed by atoms with E-state index in [0.29, 0.717) is 6.42 Å². The maximum absolute atomic E-state index is 13.4. The van der Waals surface area contributed by atoms with Gasteiger partial charge in [-0.15, -0.1) is 0 Å². The fourth-order valence-corrected chi connectivity index (χ4v) is 2.14. The lowest BCUT2D eigenvalue weighted by Gasteiger charge is -2.17. The number of aromatic nitrogens is 1. The summed E-state index contributed by atoms with van der Waals surface area (Å²) in [6.07, 6.45) is 2.33. The molecule has 0 bridgehead atoms. The van der Waals surface area contributed by atoms with Gasteiger partial charge in [-0.2, -0.15) is 0 Å². The van der Waals surface area contributed by atoms with E-state index in [1.807, 2.05) is 12.1 Å². The van der Waals surface area contributed by atoms with Crippen LogP contribution in [0.5, 0.6) is 5.75 Å². The summed E-state index contributed by atoms with van der Waals surface area (Å²) in [5, 5.41) is 0. The van der Waals surface area contributed by atoms with Crippen LogP contribution in [0.3, 0.4) is 0 Å². The molecule has 1 aromatic carbocycles. The van der Waals surface area contributed by atoms with Crippen LogP contribution in [0.1, 0.15) is 17.3 Å². The Morgan fingerprint density at radius 2 is 2.20 bits per heavy atom. The lowest BCUT2D eigenvalue weighted by Crippen LogP contribution is -2.29. The minimum absolute atomic E-state index is 0.168. The lowest BCUT2D eigenvalue weighted by molar-refractivity contribution is 0.384. The summed E-state index contributed by atoms with van der Waals surface area (Å²) in [4.78, 5) is 4.30. The third-order valence-electron chi connectivity index (χ3n) is 2.98. The second kappa shape index (κ2) is 6.78. The summed E-state index contributed by atoms with van der Waals surface area (Å²) in [5.74, 6) is 5.40. The zero-order valence-corrected chi connectivity index (χ0v) is 12.5. The monoisotopic (exact) mass is 339 g/mol. The fourth-order valence-electron chi connectivity index (χ4n) is 1.90. The Kier molecular flexibility index (Phi) is 5.05. The molecule has 0 saturated heterocycles. The van der Waals surface area contributed by atoms with E-state index in [1.54, 1.807) is 18.3 Å². The van der Waals surface area contributed by atoms with Crippen molar-refractivity contribution >= 4 is 15.9 Å². The quantitative estimate of drug-likeness (QED) is 0.649. The largest absolute Gasteiger partial charge is 0.494 e. The minimum atomic E-state index is -0.395. The molecule has 2 rings (SSSR count). The van der Waals surface area contributed by atoms with Crippen LogP contribution < -0.4 is 16.0 Å². The van der Waals surface area contributed by atoms with Gasteiger partial charge in [-0.25, -0.2) is 4.39 Å². The molecule has 4 nitrogen and oxygen atoms in total. The van der Waals surface area contributed by atoms with Crippen molar-refractivity contribution in [1.29, 1.82) is 0 Å². The molecular formula is C14H15BrFN3O. The molecule has 1 atom stereocenters. The maximum Gasteiger partial charge on any atom is 0.165 e. The number of nitrogens with two attached hydrogens (primary N) is 1. The fraction of sp³-hybridized carbons (Fsp3) is 0.214. The predicted octanol–water partition coefficient (Wildman–Crippen LogP) is 2.74. The predicted molar refractivity (Wildman–Crippen MR) is 78.7 cm³/mol. The Labute approximate surface area is 125 Å². The van der Waals surface area contributed by atoms with Crippen LogP contribution in [0.25, 0.3) is 0 Å². The number of methoxy groups -OCH3 is 1. The van der Waals surface area contributed by atoms with Crippen LogP contribution in [-0.2, 0) is 6.42 Å². The third-order valence-corrected chi connectivity index (χ3v) is 3.45. The number of nitrogens with zero attached hydrogens (tertiary/aromatic N) is 1. The molecule has 0 amide bonds. The number of pyridine rings is 1. The van der Waals surface area contributed by atoms with Crippen LogP contribution in [0, 0.1) is 5.82 Å². The van der Waals surface area contributed by atoms with E-state index in [0.717, 1.165) is 15.7 Å². The van der Waals surface area contributed by atoms with Crippen LogP contribution in [0.4, 0.5) is 4.39 Å². The highest BCUT2D eigenvalue weighted by molar-refractivity contribution is 9.10. The van der Waals surface area contributed by atoms with Gasteiger partial charge in [-0.1, -0.05) is 6.07 Å². The van der Waals surface area contributed by atoms with Gasteiger partial charge in [0.15, 0.2) is 11.6 Å². The van der Waals surface area contributed by atoms with E-state index < -0.39 is 5.82 Å². The Morgan fingerprint density at radius 1 is 1.40 bits per heavy atom. The molecule has 0 aliphatic rings. The van der Waals surface area contributed by atoms with Crippen molar-refractivity contribution in [3.63, 3.8) is 0 Å². The van der Waals surface area contributed by atoms with Crippen molar-refractivity contribution in [3.05, 3.63) is 58.1 Å². The molecule has 0 saturated carbocycles. The molecule has 2 aromatic rings. The van der Waals surface area contributed by atoms with Crippen LogP contribution >= 0.6 is 15.9 Å². The van der Waals surface area contributed by atoms with Crippen LogP contribution in [0.15, 0.2) is 41.0 Å². The van der Waals surface area contributed by atoms with Gasteiger partial charge in [0.25, 0.3) is 0 Å². The summed E-state index contributed by atoms with van der Waals surface area (Å²) in [5.41, 5.74) is 4.45. The van der Waals surface area contributed by atoms with E-state index in [4.69, 9.17) is 10.6 Å². The van der Waals surface area contributed by atoms with Gasteiger partial charge in [0.05, 0.1) is 13.2 Å². The summed E-state index contributed by atoms with van der Waals surface area (Å²) in [6.45, 7) is 0. The van der Waals surface area contributed by atoms with Crippen molar-refractivity contribution in [2.45, 2.75) is 12.5 Å². The van der Waals surface area contributed by atoms with Crippen molar-refractivity contribution in [1.82, 2.24) is 10.4 Å². The van der Waals surface area contributed by atoms with Crippen molar-refractivity contribution in [3.8, 4) is 5.75 Å². The number of hydrazine groups is 1. The van der Waals surface area contributed by atoms with Crippen LogP contribution in [0.2, 0.25) is 0 Å². The SMILES string of the molecule is COc1cc(C(Cc2ccc(Br)cn2)NN)ccc1F. The van der Waals surface area contributed by atoms with Crippen molar-refractivity contribution in [2.24, 2.45) is 5.84 Å². The maximum atomic E-state index is 13.4. The molecule has 0 radical (unpaired) electrons. The summed E-state index contributed by atoms with van der Waals surface area (Å²) < 4.78 is 19.3. The van der Waals surface area contributed by atoms with Gasteiger partial charge in [0.1, 0.15) is 0 Å². The Hall–Kier alpha value is -1.50. The lowest BCUT2D eigenvalue weighted by atomic mass is 10.0. The zero-order valence-electron chi connectivity index (χ0n) is 10.9. The highest BCUT2D eigenvalue weighted by Crippen LogP contribution is 2.24. The second-order valence-electron chi connectivity index (χ2n) is 4.29. The Morgan fingerprint density at radius 3 is 2.80 bits per heavy atom. The highest BCUT2D eigenvalue weighted by atomic mass is 79.9.